The van der Waals surface area contributed by atoms with Crippen molar-refractivity contribution in [1.29, 1.82) is 0 Å². The number of ether oxygens (including phenoxy) is 23. The fourth-order valence-corrected chi connectivity index (χ4v) is 5.19. The summed E-state index contributed by atoms with van der Waals surface area (Å²) in [7, 11) is 0. The first-order valence-electron chi connectivity index (χ1n) is 26.5. The van der Waals surface area contributed by atoms with E-state index in [1.807, 2.05) is 27.7 Å². The average molecular weight is 1070 g/mol. The Morgan fingerprint density at radius 2 is 0.192 bits per heavy atom. The van der Waals surface area contributed by atoms with E-state index in [0.29, 0.717) is 291 Å². The molecule has 0 heterocycles. The third-order valence-electron chi connectivity index (χ3n) is 8.80. The van der Waals surface area contributed by atoms with Crippen LogP contribution in [-0.4, -0.2) is 303 Å². The van der Waals surface area contributed by atoms with Crippen LogP contribution in [-0.2, 0) is 109 Å². The van der Waals surface area contributed by atoms with Gasteiger partial charge in [0.15, 0.2) is 0 Å². The van der Waals surface area contributed by atoms with E-state index >= 15 is 0 Å². The van der Waals surface area contributed by atoms with Crippen LogP contribution in [0.1, 0.15) is 27.7 Å². The summed E-state index contributed by atoms with van der Waals surface area (Å²) in [4.78, 5) is 0. The standard InChI is InChI=1S/C50H102O23/c1-49(2)72-47-45-70-43-41-68-39-37-66-35-33-64-31-29-62-27-25-60-23-21-58-19-17-56-15-13-54-11-9-52-7-5-51-6-8-53-10-12-55-14-16-57-18-20-59-22-24-61-26-28-63-30-32-65-34-36-67-38-40-69-42-44-71-46-48-73-50(3)4/h49-50H,5-48H2,1-4H3. The summed E-state index contributed by atoms with van der Waals surface area (Å²) in [6, 6.07) is 0. The monoisotopic (exact) mass is 1070 g/mol. The van der Waals surface area contributed by atoms with Crippen LogP contribution < -0.4 is 0 Å². The Morgan fingerprint density at radius 3 is 0.260 bits per heavy atom. The van der Waals surface area contributed by atoms with Gasteiger partial charge in [-0.15, -0.1) is 0 Å². The fourth-order valence-electron chi connectivity index (χ4n) is 5.19. The molecule has 0 radical (unpaired) electrons. The van der Waals surface area contributed by atoms with E-state index in [9.17, 15) is 0 Å². The van der Waals surface area contributed by atoms with Crippen LogP contribution in [0.3, 0.4) is 0 Å². The van der Waals surface area contributed by atoms with Crippen LogP contribution in [0.25, 0.3) is 0 Å². The summed E-state index contributed by atoms with van der Waals surface area (Å²) < 4.78 is 126. The van der Waals surface area contributed by atoms with Crippen molar-refractivity contribution in [3.63, 3.8) is 0 Å². The number of hydrogen-bond acceptors (Lipinski definition) is 23. The molecule has 0 amide bonds. The molecule has 0 saturated carbocycles. The minimum Gasteiger partial charge on any atom is -0.377 e. The van der Waals surface area contributed by atoms with Crippen LogP contribution in [0.5, 0.6) is 0 Å². The molecule has 0 unspecified atom stereocenters. The van der Waals surface area contributed by atoms with Crippen LogP contribution >= 0.6 is 0 Å². The van der Waals surface area contributed by atoms with Crippen LogP contribution in [0.15, 0.2) is 0 Å². The van der Waals surface area contributed by atoms with Gasteiger partial charge < -0.3 is 109 Å². The van der Waals surface area contributed by atoms with Crippen LogP contribution in [0.2, 0.25) is 0 Å². The van der Waals surface area contributed by atoms with E-state index in [4.69, 9.17) is 109 Å². The third kappa shape index (κ3) is 71.1. The van der Waals surface area contributed by atoms with E-state index in [-0.39, 0.29) is 12.2 Å². The molecule has 0 aliphatic rings. The van der Waals surface area contributed by atoms with Crippen molar-refractivity contribution < 1.29 is 109 Å². The highest BCUT2D eigenvalue weighted by molar-refractivity contribution is 4.43. The first-order chi connectivity index (χ1) is 36.1. The molecular weight excluding hydrogens is 969 g/mol. The van der Waals surface area contributed by atoms with Gasteiger partial charge in [-0.3, -0.25) is 0 Å². The molecule has 23 nitrogen and oxygen atoms in total. The molecule has 0 spiro atoms. The zero-order chi connectivity index (χ0) is 52.5. The van der Waals surface area contributed by atoms with Crippen molar-refractivity contribution in [2.45, 2.75) is 39.9 Å². The molecule has 0 rings (SSSR count). The molecule has 0 saturated heterocycles. The van der Waals surface area contributed by atoms with E-state index in [1.54, 1.807) is 0 Å². The summed E-state index contributed by atoms with van der Waals surface area (Å²) >= 11 is 0. The van der Waals surface area contributed by atoms with Crippen LogP contribution in [0, 0.1) is 0 Å². The van der Waals surface area contributed by atoms with E-state index in [1.165, 1.54) is 0 Å². The lowest BCUT2D eigenvalue weighted by atomic mass is 10.5. The molecule has 0 aliphatic carbocycles. The molecule has 0 fully saturated rings. The molecule has 0 aliphatic heterocycles. The maximum Gasteiger partial charge on any atom is 0.0703 e. The van der Waals surface area contributed by atoms with Gasteiger partial charge in [0.2, 0.25) is 0 Å². The van der Waals surface area contributed by atoms with Crippen molar-refractivity contribution in [2.75, 3.05) is 291 Å². The van der Waals surface area contributed by atoms with Gasteiger partial charge in [0.25, 0.3) is 0 Å². The SMILES string of the molecule is CC(C)OCCOCCOCCOCCOCCOCCOCCOCCOCCOCCOCCOCCOCCOCCOCCOCCOCCOCCOCCOCCOCCOCCOC(C)C. The summed E-state index contributed by atoms with van der Waals surface area (Å²) in [5.74, 6) is 0. The predicted molar refractivity (Wildman–Crippen MR) is 269 cm³/mol. The molecule has 440 valence electrons. The van der Waals surface area contributed by atoms with Crippen molar-refractivity contribution in [1.82, 2.24) is 0 Å². The lowest BCUT2D eigenvalue weighted by Gasteiger charge is -2.09. The quantitative estimate of drug-likeness (QED) is 0.0799. The van der Waals surface area contributed by atoms with E-state index < -0.39 is 0 Å². The third-order valence-corrected chi connectivity index (χ3v) is 8.80. The fraction of sp³-hybridized carbons (Fsp3) is 1.00. The first kappa shape index (κ1) is 72.1. The molecule has 0 atom stereocenters. The molecule has 0 N–H and O–H groups in total. The molecule has 0 aromatic rings. The largest absolute Gasteiger partial charge is 0.377 e. The minimum atomic E-state index is 0.223. The summed E-state index contributed by atoms with van der Waals surface area (Å²) in [6.07, 6.45) is 0.447. The maximum atomic E-state index is 5.52. The highest BCUT2D eigenvalue weighted by atomic mass is 16.6. The Balaban J connectivity index is 3.08. The topological polar surface area (TPSA) is 212 Å². The van der Waals surface area contributed by atoms with Crippen molar-refractivity contribution in [3.05, 3.63) is 0 Å². The maximum absolute atomic E-state index is 5.52. The highest BCUT2D eigenvalue weighted by Gasteiger charge is 2.00. The highest BCUT2D eigenvalue weighted by Crippen LogP contribution is 1.92. The number of hydrogen-bond donors (Lipinski definition) is 0. The van der Waals surface area contributed by atoms with E-state index in [2.05, 4.69) is 0 Å². The zero-order valence-corrected chi connectivity index (χ0v) is 45.7. The second kappa shape index (κ2) is 67.2. The first-order valence-corrected chi connectivity index (χ1v) is 26.5. The van der Waals surface area contributed by atoms with Crippen LogP contribution in [0.4, 0.5) is 0 Å². The van der Waals surface area contributed by atoms with Crippen molar-refractivity contribution in [3.8, 4) is 0 Å². The molecule has 73 heavy (non-hydrogen) atoms. The molecule has 0 bridgehead atoms. The van der Waals surface area contributed by atoms with Gasteiger partial charge in [0.05, 0.1) is 303 Å². The summed E-state index contributed by atoms with van der Waals surface area (Å²) in [5, 5.41) is 0. The summed E-state index contributed by atoms with van der Waals surface area (Å²) in [5.41, 5.74) is 0. The van der Waals surface area contributed by atoms with E-state index in [0.717, 1.165) is 0 Å². The normalized spacial score (nSPS) is 11.9. The number of rotatable bonds is 68. The predicted octanol–water partition coefficient (Wildman–Crippen LogP) is 2.18. The zero-order valence-electron chi connectivity index (χ0n) is 45.7. The molecule has 0 aromatic heterocycles. The van der Waals surface area contributed by atoms with Crippen molar-refractivity contribution in [2.24, 2.45) is 0 Å². The molecule has 0 aromatic carbocycles. The van der Waals surface area contributed by atoms with Gasteiger partial charge in [-0.2, -0.15) is 0 Å². The van der Waals surface area contributed by atoms with Gasteiger partial charge in [-0.25, -0.2) is 0 Å². The van der Waals surface area contributed by atoms with Crippen molar-refractivity contribution >= 4 is 0 Å². The lowest BCUT2D eigenvalue weighted by molar-refractivity contribution is -0.0322. The smallest absolute Gasteiger partial charge is 0.0703 e. The summed E-state index contributed by atoms with van der Waals surface area (Å²) in [6.45, 7) is 30.5. The Morgan fingerprint density at radius 1 is 0.123 bits per heavy atom. The van der Waals surface area contributed by atoms with Gasteiger partial charge >= 0.3 is 0 Å². The Labute approximate surface area is 438 Å². The van der Waals surface area contributed by atoms with Gasteiger partial charge in [-0.1, -0.05) is 0 Å². The Bertz CT molecular complexity index is 893. The van der Waals surface area contributed by atoms with Gasteiger partial charge in [0.1, 0.15) is 0 Å². The average Bonchev–Trinajstić information content (AvgIpc) is 3.38. The second-order valence-electron chi connectivity index (χ2n) is 15.7. The molecule has 23 heteroatoms. The minimum absolute atomic E-state index is 0.223. The van der Waals surface area contributed by atoms with Gasteiger partial charge in [0, 0.05) is 0 Å². The Kier molecular flexibility index (Phi) is 66.3. The second-order valence-corrected chi connectivity index (χ2v) is 15.7. The van der Waals surface area contributed by atoms with Gasteiger partial charge in [-0.05, 0) is 27.7 Å². The molecular formula is C50H102O23. The Hall–Kier alpha value is -0.920. The lowest BCUT2D eigenvalue weighted by Crippen LogP contribution is -2.16.